The van der Waals surface area contributed by atoms with Gasteiger partial charge in [0.2, 0.25) is 0 Å². The summed E-state index contributed by atoms with van der Waals surface area (Å²) in [6.45, 7) is 1.03. The summed E-state index contributed by atoms with van der Waals surface area (Å²) in [6.07, 6.45) is 9.99. The first-order chi connectivity index (χ1) is 8.25. The predicted molar refractivity (Wildman–Crippen MR) is 65.8 cm³/mol. The van der Waals surface area contributed by atoms with Crippen molar-refractivity contribution in [1.82, 2.24) is 4.90 Å². The minimum atomic E-state index is -0.588. The number of carbonyl (C=O) groups is 1. The normalized spacial score (nSPS) is 38.0. The monoisotopic (exact) mass is 237 g/mol. The molecule has 2 saturated carbocycles. The topological polar surface area (TPSA) is 40.5 Å². The Morgan fingerprint density at radius 1 is 1.18 bits per heavy atom. The average molecular weight is 237 g/mol. The molecule has 3 rings (SSSR count). The van der Waals surface area contributed by atoms with Crippen molar-refractivity contribution >= 4 is 5.97 Å². The number of hydrogen-bond acceptors (Lipinski definition) is 2. The Labute approximate surface area is 103 Å². The van der Waals surface area contributed by atoms with Gasteiger partial charge < -0.3 is 5.11 Å². The Kier molecular flexibility index (Phi) is 3.12. The first-order valence-corrected chi connectivity index (χ1v) is 7.24. The molecule has 0 aromatic rings. The smallest absolute Gasteiger partial charge is 0.320 e. The molecule has 0 radical (unpaired) electrons. The summed E-state index contributed by atoms with van der Waals surface area (Å²) in [5.74, 6) is 0.992. The van der Waals surface area contributed by atoms with Crippen molar-refractivity contribution in [2.24, 2.45) is 11.8 Å². The first kappa shape index (κ1) is 11.5. The van der Waals surface area contributed by atoms with E-state index in [-0.39, 0.29) is 6.04 Å². The Bertz CT molecular complexity index is 301. The second kappa shape index (κ2) is 4.60. The molecule has 96 valence electrons. The van der Waals surface area contributed by atoms with Crippen LogP contribution >= 0.6 is 0 Å². The molecule has 3 heteroatoms. The molecule has 0 amide bonds. The minimum Gasteiger partial charge on any atom is -0.480 e. The molecular formula is C14H23NO2. The van der Waals surface area contributed by atoms with Gasteiger partial charge in [0.15, 0.2) is 0 Å². The molecule has 17 heavy (non-hydrogen) atoms. The fourth-order valence-electron chi connectivity index (χ4n) is 3.86. The van der Waals surface area contributed by atoms with Crippen LogP contribution in [0.3, 0.4) is 0 Å². The molecule has 0 spiro atoms. The second-order valence-electron chi connectivity index (χ2n) is 6.17. The van der Waals surface area contributed by atoms with Crippen LogP contribution in [0, 0.1) is 11.8 Å². The highest BCUT2D eigenvalue weighted by Crippen LogP contribution is 2.41. The molecule has 1 aliphatic heterocycles. The van der Waals surface area contributed by atoms with Gasteiger partial charge >= 0.3 is 5.97 Å². The molecule has 2 aliphatic carbocycles. The molecule has 1 heterocycles. The van der Waals surface area contributed by atoms with Gasteiger partial charge in [-0.2, -0.15) is 0 Å². The summed E-state index contributed by atoms with van der Waals surface area (Å²) in [5.41, 5.74) is 0. The lowest BCUT2D eigenvalue weighted by atomic mass is 9.85. The molecule has 0 aromatic carbocycles. The van der Waals surface area contributed by atoms with Crippen molar-refractivity contribution in [3.8, 4) is 0 Å². The Balaban J connectivity index is 1.67. The standard InChI is InChI=1S/C14H23NO2/c16-14(17)13-9-11-3-1-2-4-12(11)15(13)8-7-10-5-6-10/h10-13H,1-9H2,(H,16,17). The lowest BCUT2D eigenvalue weighted by Gasteiger charge is -2.33. The van der Waals surface area contributed by atoms with Crippen molar-refractivity contribution in [3.05, 3.63) is 0 Å². The van der Waals surface area contributed by atoms with Crippen LogP contribution in [0.1, 0.15) is 51.4 Å². The van der Waals surface area contributed by atoms with Crippen LogP contribution in [-0.4, -0.2) is 34.6 Å². The second-order valence-corrected chi connectivity index (χ2v) is 6.17. The van der Waals surface area contributed by atoms with Gasteiger partial charge in [-0.15, -0.1) is 0 Å². The number of carboxylic acid groups (broad SMARTS) is 1. The fourth-order valence-corrected chi connectivity index (χ4v) is 3.86. The van der Waals surface area contributed by atoms with Gasteiger partial charge in [0, 0.05) is 6.04 Å². The zero-order valence-electron chi connectivity index (χ0n) is 10.5. The summed E-state index contributed by atoms with van der Waals surface area (Å²) >= 11 is 0. The van der Waals surface area contributed by atoms with Gasteiger partial charge in [-0.25, -0.2) is 0 Å². The summed E-state index contributed by atoms with van der Waals surface area (Å²) < 4.78 is 0. The van der Waals surface area contributed by atoms with E-state index in [0.29, 0.717) is 12.0 Å². The highest BCUT2D eigenvalue weighted by Gasteiger charge is 2.45. The maximum atomic E-state index is 11.4. The molecule has 1 saturated heterocycles. The molecule has 3 atom stereocenters. The Morgan fingerprint density at radius 2 is 1.94 bits per heavy atom. The van der Waals surface area contributed by atoms with E-state index in [2.05, 4.69) is 4.90 Å². The lowest BCUT2D eigenvalue weighted by Crippen LogP contribution is -2.42. The molecular weight excluding hydrogens is 214 g/mol. The molecule has 3 nitrogen and oxygen atoms in total. The number of aliphatic carboxylic acids is 1. The number of rotatable bonds is 4. The fraction of sp³-hybridized carbons (Fsp3) is 0.929. The third-order valence-corrected chi connectivity index (χ3v) is 5.00. The van der Waals surface area contributed by atoms with Gasteiger partial charge in [-0.1, -0.05) is 25.7 Å². The van der Waals surface area contributed by atoms with Gasteiger partial charge in [-0.3, -0.25) is 9.69 Å². The highest BCUT2D eigenvalue weighted by molar-refractivity contribution is 5.74. The van der Waals surface area contributed by atoms with Gasteiger partial charge in [-0.05, 0) is 44.1 Å². The lowest BCUT2D eigenvalue weighted by molar-refractivity contribution is -0.142. The number of fused-ring (bicyclic) bond motifs is 1. The van der Waals surface area contributed by atoms with Crippen LogP contribution in [-0.2, 0) is 4.79 Å². The van der Waals surface area contributed by atoms with Crippen LogP contribution in [0.2, 0.25) is 0 Å². The largest absolute Gasteiger partial charge is 0.480 e. The van der Waals surface area contributed by atoms with E-state index < -0.39 is 5.97 Å². The minimum absolute atomic E-state index is 0.179. The molecule has 3 fully saturated rings. The SMILES string of the molecule is O=C(O)C1CC2CCCCC2N1CCC1CC1. The van der Waals surface area contributed by atoms with Crippen molar-refractivity contribution in [1.29, 1.82) is 0 Å². The van der Waals surface area contributed by atoms with E-state index in [1.807, 2.05) is 0 Å². The van der Waals surface area contributed by atoms with Gasteiger partial charge in [0.25, 0.3) is 0 Å². The van der Waals surface area contributed by atoms with Gasteiger partial charge in [0.1, 0.15) is 6.04 Å². The van der Waals surface area contributed by atoms with Crippen LogP contribution < -0.4 is 0 Å². The third kappa shape index (κ3) is 2.35. The van der Waals surface area contributed by atoms with Gasteiger partial charge in [0.05, 0.1) is 0 Å². The number of likely N-dealkylation sites (tertiary alicyclic amines) is 1. The number of carboxylic acids is 1. The zero-order chi connectivity index (χ0) is 11.8. The molecule has 0 aromatic heterocycles. The van der Waals surface area contributed by atoms with E-state index >= 15 is 0 Å². The summed E-state index contributed by atoms with van der Waals surface area (Å²) in [5, 5.41) is 9.37. The quantitative estimate of drug-likeness (QED) is 0.816. The Hall–Kier alpha value is -0.570. The summed E-state index contributed by atoms with van der Waals surface area (Å²) in [7, 11) is 0. The van der Waals surface area contributed by atoms with Crippen LogP contribution in [0.5, 0.6) is 0 Å². The van der Waals surface area contributed by atoms with Crippen molar-refractivity contribution in [3.63, 3.8) is 0 Å². The number of hydrogen-bond donors (Lipinski definition) is 1. The van der Waals surface area contributed by atoms with Crippen molar-refractivity contribution < 1.29 is 9.90 Å². The van der Waals surface area contributed by atoms with E-state index in [0.717, 1.165) is 18.9 Å². The first-order valence-electron chi connectivity index (χ1n) is 7.24. The van der Waals surface area contributed by atoms with E-state index in [1.54, 1.807) is 0 Å². The average Bonchev–Trinajstić information content (AvgIpc) is 3.07. The molecule has 3 unspecified atom stereocenters. The third-order valence-electron chi connectivity index (χ3n) is 5.00. The zero-order valence-corrected chi connectivity index (χ0v) is 10.5. The van der Waals surface area contributed by atoms with Crippen molar-refractivity contribution in [2.45, 2.75) is 63.5 Å². The van der Waals surface area contributed by atoms with E-state index in [1.165, 1.54) is 44.9 Å². The highest BCUT2D eigenvalue weighted by atomic mass is 16.4. The molecule has 3 aliphatic rings. The summed E-state index contributed by atoms with van der Waals surface area (Å²) in [6, 6.07) is 0.408. The number of nitrogens with zero attached hydrogens (tertiary/aromatic N) is 1. The van der Waals surface area contributed by atoms with Crippen molar-refractivity contribution in [2.75, 3.05) is 6.54 Å². The summed E-state index contributed by atoms with van der Waals surface area (Å²) in [4.78, 5) is 13.7. The predicted octanol–water partition coefficient (Wildman–Crippen LogP) is 2.50. The van der Waals surface area contributed by atoms with Crippen LogP contribution in [0.4, 0.5) is 0 Å². The van der Waals surface area contributed by atoms with E-state index in [4.69, 9.17) is 0 Å². The maximum absolute atomic E-state index is 11.4. The Morgan fingerprint density at radius 3 is 2.65 bits per heavy atom. The van der Waals surface area contributed by atoms with E-state index in [9.17, 15) is 9.90 Å². The maximum Gasteiger partial charge on any atom is 0.320 e. The molecule has 0 bridgehead atoms. The molecule has 1 N–H and O–H groups in total. The van der Waals surface area contributed by atoms with Crippen LogP contribution in [0.25, 0.3) is 0 Å². The van der Waals surface area contributed by atoms with Crippen LogP contribution in [0.15, 0.2) is 0 Å².